The molecule has 3 heteroatoms. The van der Waals surface area contributed by atoms with E-state index in [1.165, 1.54) is 0 Å². The summed E-state index contributed by atoms with van der Waals surface area (Å²) in [5.41, 5.74) is 1.94. The SMILES string of the molecule is Clc1cccc(Cl)c1C=Cc1cccc(Br)c1. The largest absolute Gasteiger partial charge is 0.0836 e. The maximum absolute atomic E-state index is 6.08. The molecule has 2 aromatic rings. The van der Waals surface area contributed by atoms with Gasteiger partial charge in [-0.2, -0.15) is 0 Å². The Hall–Kier alpha value is -0.760. The second-order valence-electron chi connectivity index (χ2n) is 3.52. The highest BCUT2D eigenvalue weighted by atomic mass is 79.9. The van der Waals surface area contributed by atoms with Gasteiger partial charge in [0.15, 0.2) is 0 Å². The van der Waals surface area contributed by atoms with Gasteiger partial charge in [0.1, 0.15) is 0 Å². The van der Waals surface area contributed by atoms with E-state index in [-0.39, 0.29) is 0 Å². The first-order valence-electron chi connectivity index (χ1n) is 5.04. The van der Waals surface area contributed by atoms with Crippen molar-refractivity contribution in [1.29, 1.82) is 0 Å². The molecule has 0 saturated heterocycles. The molecule has 0 aliphatic rings. The molecule has 2 aromatic carbocycles. The highest BCUT2D eigenvalue weighted by molar-refractivity contribution is 9.10. The Morgan fingerprint density at radius 3 is 2.18 bits per heavy atom. The van der Waals surface area contributed by atoms with Crippen LogP contribution in [0.4, 0.5) is 0 Å². The highest BCUT2D eigenvalue weighted by Crippen LogP contribution is 2.26. The summed E-state index contributed by atoms with van der Waals surface area (Å²) in [5.74, 6) is 0. The first kappa shape index (κ1) is 12.7. The Bertz CT molecular complexity index is 542. The van der Waals surface area contributed by atoms with Crippen LogP contribution in [0.25, 0.3) is 12.2 Å². The molecule has 0 heterocycles. The third-order valence-electron chi connectivity index (χ3n) is 2.29. The molecule has 86 valence electrons. The number of halogens is 3. The Morgan fingerprint density at radius 2 is 1.53 bits per heavy atom. The monoisotopic (exact) mass is 326 g/mol. The third-order valence-corrected chi connectivity index (χ3v) is 3.44. The quantitative estimate of drug-likeness (QED) is 0.600. The summed E-state index contributed by atoms with van der Waals surface area (Å²) in [6.07, 6.45) is 3.91. The van der Waals surface area contributed by atoms with Crippen LogP contribution in [0.5, 0.6) is 0 Å². The molecule has 0 bridgehead atoms. The van der Waals surface area contributed by atoms with Gasteiger partial charge in [0.05, 0.1) is 0 Å². The van der Waals surface area contributed by atoms with Crippen molar-refractivity contribution in [3.05, 3.63) is 68.1 Å². The third kappa shape index (κ3) is 3.35. The van der Waals surface area contributed by atoms with E-state index in [0.717, 1.165) is 15.6 Å². The molecule has 0 spiro atoms. The lowest BCUT2D eigenvalue weighted by Gasteiger charge is -2.01. The van der Waals surface area contributed by atoms with Crippen molar-refractivity contribution < 1.29 is 0 Å². The van der Waals surface area contributed by atoms with E-state index in [4.69, 9.17) is 23.2 Å². The molecule has 0 aromatic heterocycles. The molecular formula is C14H9BrCl2. The standard InChI is InChI=1S/C14H9BrCl2/c15-11-4-1-3-10(9-11)7-8-12-13(16)5-2-6-14(12)17/h1-9H. The Morgan fingerprint density at radius 1 is 0.882 bits per heavy atom. The minimum absolute atomic E-state index is 0.656. The normalized spacial score (nSPS) is 11.0. The van der Waals surface area contributed by atoms with Gasteiger partial charge < -0.3 is 0 Å². The second-order valence-corrected chi connectivity index (χ2v) is 5.25. The average molecular weight is 328 g/mol. The van der Waals surface area contributed by atoms with Crippen molar-refractivity contribution in [2.24, 2.45) is 0 Å². The minimum atomic E-state index is 0.656. The molecular weight excluding hydrogens is 319 g/mol. The number of hydrogen-bond acceptors (Lipinski definition) is 0. The van der Waals surface area contributed by atoms with Crippen molar-refractivity contribution in [2.45, 2.75) is 0 Å². The fourth-order valence-corrected chi connectivity index (χ4v) is 2.40. The van der Waals surface area contributed by atoms with E-state index < -0.39 is 0 Å². The molecule has 0 unspecified atom stereocenters. The number of rotatable bonds is 2. The Labute approximate surface area is 119 Å². The van der Waals surface area contributed by atoms with Gasteiger partial charge in [-0.15, -0.1) is 0 Å². The maximum atomic E-state index is 6.08. The van der Waals surface area contributed by atoms with Crippen LogP contribution in [-0.4, -0.2) is 0 Å². The molecule has 0 radical (unpaired) electrons. The van der Waals surface area contributed by atoms with Crippen molar-refractivity contribution in [2.75, 3.05) is 0 Å². The van der Waals surface area contributed by atoms with Crippen LogP contribution >= 0.6 is 39.1 Å². The zero-order valence-corrected chi connectivity index (χ0v) is 11.9. The zero-order valence-electron chi connectivity index (χ0n) is 8.83. The Balaban J connectivity index is 2.32. The predicted molar refractivity (Wildman–Crippen MR) is 79.5 cm³/mol. The molecule has 0 aliphatic heterocycles. The lowest BCUT2D eigenvalue weighted by molar-refractivity contribution is 1.61. The van der Waals surface area contributed by atoms with Crippen LogP contribution < -0.4 is 0 Å². The van der Waals surface area contributed by atoms with Crippen molar-refractivity contribution in [3.63, 3.8) is 0 Å². The predicted octanol–water partition coefficient (Wildman–Crippen LogP) is 5.93. The van der Waals surface area contributed by atoms with Gasteiger partial charge in [0.2, 0.25) is 0 Å². The van der Waals surface area contributed by atoms with Crippen LogP contribution in [0.1, 0.15) is 11.1 Å². The smallest absolute Gasteiger partial charge is 0.0493 e. The van der Waals surface area contributed by atoms with Gasteiger partial charge in [0, 0.05) is 20.1 Å². The van der Waals surface area contributed by atoms with E-state index in [1.807, 2.05) is 54.6 Å². The molecule has 17 heavy (non-hydrogen) atoms. The van der Waals surface area contributed by atoms with Gasteiger partial charge in [-0.05, 0) is 29.8 Å². The molecule has 0 atom stereocenters. The molecule has 0 fully saturated rings. The Kier molecular flexibility index (Phi) is 4.27. The zero-order chi connectivity index (χ0) is 12.3. The molecule has 0 nitrogen and oxygen atoms in total. The molecule has 0 aliphatic carbocycles. The lowest BCUT2D eigenvalue weighted by Crippen LogP contribution is -1.77. The van der Waals surface area contributed by atoms with E-state index in [2.05, 4.69) is 15.9 Å². The van der Waals surface area contributed by atoms with E-state index in [9.17, 15) is 0 Å². The summed E-state index contributed by atoms with van der Waals surface area (Å²) >= 11 is 15.6. The van der Waals surface area contributed by atoms with Gasteiger partial charge >= 0.3 is 0 Å². The van der Waals surface area contributed by atoms with Gasteiger partial charge in [-0.3, -0.25) is 0 Å². The van der Waals surface area contributed by atoms with Gasteiger partial charge in [-0.25, -0.2) is 0 Å². The summed E-state index contributed by atoms with van der Waals surface area (Å²) in [6, 6.07) is 13.5. The van der Waals surface area contributed by atoms with E-state index >= 15 is 0 Å². The van der Waals surface area contributed by atoms with Crippen LogP contribution in [0, 0.1) is 0 Å². The van der Waals surface area contributed by atoms with Crippen molar-refractivity contribution >= 4 is 51.3 Å². The minimum Gasteiger partial charge on any atom is -0.0836 e. The fraction of sp³-hybridized carbons (Fsp3) is 0. The summed E-state index contributed by atoms with van der Waals surface area (Å²) < 4.78 is 1.05. The summed E-state index contributed by atoms with van der Waals surface area (Å²) in [7, 11) is 0. The molecule has 0 saturated carbocycles. The summed E-state index contributed by atoms with van der Waals surface area (Å²) in [5, 5.41) is 1.31. The molecule has 2 rings (SSSR count). The van der Waals surface area contributed by atoms with Crippen LogP contribution in [0.15, 0.2) is 46.9 Å². The highest BCUT2D eigenvalue weighted by Gasteiger charge is 2.00. The van der Waals surface area contributed by atoms with Crippen molar-refractivity contribution in [1.82, 2.24) is 0 Å². The van der Waals surface area contributed by atoms with Gasteiger partial charge in [0.25, 0.3) is 0 Å². The molecule has 0 amide bonds. The first-order valence-corrected chi connectivity index (χ1v) is 6.59. The average Bonchev–Trinajstić information content (AvgIpc) is 2.28. The van der Waals surface area contributed by atoms with Crippen LogP contribution in [0.3, 0.4) is 0 Å². The first-order chi connectivity index (χ1) is 8.16. The van der Waals surface area contributed by atoms with Crippen LogP contribution in [-0.2, 0) is 0 Å². The summed E-state index contributed by atoms with van der Waals surface area (Å²) in [6.45, 7) is 0. The topological polar surface area (TPSA) is 0 Å². The van der Waals surface area contributed by atoms with E-state index in [0.29, 0.717) is 10.0 Å². The lowest BCUT2D eigenvalue weighted by atomic mass is 10.1. The van der Waals surface area contributed by atoms with Gasteiger partial charge in [-0.1, -0.05) is 69.5 Å². The van der Waals surface area contributed by atoms with Crippen LogP contribution in [0.2, 0.25) is 10.0 Å². The summed E-state index contributed by atoms with van der Waals surface area (Å²) in [4.78, 5) is 0. The maximum Gasteiger partial charge on any atom is 0.0493 e. The second kappa shape index (κ2) is 5.72. The number of hydrogen-bond donors (Lipinski definition) is 0. The van der Waals surface area contributed by atoms with E-state index in [1.54, 1.807) is 0 Å². The number of benzene rings is 2. The van der Waals surface area contributed by atoms with Crippen molar-refractivity contribution in [3.8, 4) is 0 Å². The molecule has 0 N–H and O–H groups in total. The fourth-order valence-electron chi connectivity index (χ4n) is 1.46.